The van der Waals surface area contributed by atoms with Gasteiger partial charge >= 0.3 is 0 Å². The van der Waals surface area contributed by atoms with Gasteiger partial charge in [0.25, 0.3) is 5.69 Å². The van der Waals surface area contributed by atoms with E-state index in [9.17, 15) is 10.1 Å². The molecular weight excluding hydrogens is 318 g/mol. The molecular formula is C11H10BrN3O2S. The Morgan fingerprint density at radius 3 is 2.94 bits per heavy atom. The number of nitrogens with zero attached hydrogens (tertiary/aromatic N) is 2. The third-order valence-electron chi connectivity index (χ3n) is 2.31. The molecule has 0 atom stereocenters. The maximum atomic E-state index is 10.9. The quantitative estimate of drug-likeness (QED) is 0.676. The minimum atomic E-state index is -0.368. The molecule has 1 N–H and O–H groups in total. The van der Waals surface area contributed by atoms with E-state index in [2.05, 4.69) is 26.2 Å². The zero-order valence-electron chi connectivity index (χ0n) is 9.30. The summed E-state index contributed by atoms with van der Waals surface area (Å²) in [6, 6.07) is 4.93. The molecule has 1 aromatic heterocycles. The van der Waals surface area contributed by atoms with Crippen molar-refractivity contribution in [3.63, 3.8) is 0 Å². The van der Waals surface area contributed by atoms with Crippen molar-refractivity contribution in [2.45, 2.75) is 13.1 Å². The molecule has 0 unspecified atom stereocenters. The molecule has 0 fully saturated rings. The number of nitro groups is 1. The van der Waals surface area contributed by atoms with Crippen molar-refractivity contribution in [1.82, 2.24) is 10.3 Å². The standard InChI is InChI=1S/C11H10BrN3O2S/c12-9-1-2-10(15(16)17)8(5-9)6-13-7-11-14-3-4-18-11/h1-5,13H,6-7H2. The first-order chi connectivity index (χ1) is 8.66. The van der Waals surface area contributed by atoms with E-state index in [1.54, 1.807) is 29.7 Å². The maximum absolute atomic E-state index is 10.9. The van der Waals surface area contributed by atoms with Gasteiger partial charge in [-0.15, -0.1) is 11.3 Å². The number of thiazole rings is 1. The average molecular weight is 328 g/mol. The number of benzene rings is 1. The van der Waals surface area contributed by atoms with E-state index in [0.29, 0.717) is 18.7 Å². The summed E-state index contributed by atoms with van der Waals surface area (Å²) in [4.78, 5) is 14.6. The largest absolute Gasteiger partial charge is 0.306 e. The molecule has 0 amide bonds. The first kappa shape index (κ1) is 13.1. The Labute approximate surface area is 116 Å². The van der Waals surface area contributed by atoms with Crippen molar-refractivity contribution < 1.29 is 4.92 Å². The van der Waals surface area contributed by atoms with Crippen LogP contribution in [0.5, 0.6) is 0 Å². The second kappa shape index (κ2) is 6.03. The third-order valence-corrected chi connectivity index (χ3v) is 3.59. The summed E-state index contributed by atoms with van der Waals surface area (Å²) in [5.41, 5.74) is 0.788. The summed E-state index contributed by atoms with van der Waals surface area (Å²) in [7, 11) is 0. The molecule has 1 heterocycles. The van der Waals surface area contributed by atoms with Crippen LogP contribution in [0.2, 0.25) is 0 Å². The maximum Gasteiger partial charge on any atom is 0.273 e. The van der Waals surface area contributed by atoms with Crippen molar-refractivity contribution in [3.05, 3.63) is 54.9 Å². The van der Waals surface area contributed by atoms with Crippen LogP contribution in [0.3, 0.4) is 0 Å². The van der Waals surface area contributed by atoms with E-state index in [1.807, 2.05) is 5.38 Å². The molecule has 0 saturated carbocycles. The molecule has 5 nitrogen and oxygen atoms in total. The average Bonchev–Trinajstić information content (AvgIpc) is 2.82. The predicted molar refractivity (Wildman–Crippen MR) is 73.5 cm³/mol. The summed E-state index contributed by atoms with van der Waals surface area (Å²) in [6.07, 6.45) is 1.74. The lowest BCUT2D eigenvalue weighted by molar-refractivity contribution is -0.385. The molecule has 7 heteroatoms. The van der Waals surface area contributed by atoms with Crippen LogP contribution in [-0.2, 0) is 13.1 Å². The Balaban J connectivity index is 2.03. The highest BCUT2D eigenvalue weighted by Gasteiger charge is 2.13. The number of nitrogens with one attached hydrogen (secondary N) is 1. The van der Waals surface area contributed by atoms with Crippen molar-refractivity contribution in [2.75, 3.05) is 0 Å². The predicted octanol–water partition coefficient (Wildman–Crippen LogP) is 3.10. The van der Waals surface area contributed by atoms with Crippen LogP contribution in [0.4, 0.5) is 5.69 Å². The van der Waals surface area contributed by atoms with Crippen molar-refractivity contribution in [2.24, 2.45) is 0 Å². The van der Waals surface area contributed by atoms with Gasteiger partial charge in [0.1, 0.15) is 5.01 Å². The van der Waals surface area contributed by atoms with Crippen molar-refractivity contribution in [1.29, 1.82) is 0 Å². The summed E-state index contributed by atoms with van der Waals surface area (Å²) >= 11 is 4.87. The number of nitro benzene ring substituents is 1. The van der Waals surface area contributed by atoms with Crippen molar-refractivity contribution >= 4 is 33.0 Å². The summed E-state index contributed by atoms with van der Waals surface area (Å²) < 4.78 is 0.833. The van der Waals surface area contributed by atoms with Gasteiger partial charge in [-0.25, -0.2) is 4.98 Å². The molecule has 94 valence electrons. The second-order valence-electron chi connectivity index (χ2n) is 3.56. The Hall–Kier alpha value is -1.31. The number of rotatable bonds is 5. The van der Waals surface area contributed by atoms with Crippen LogP contribution in [0.15, 0.2) is 34.2 Å². The Bertz CT molecular complexity index is 545. The van der Waals surface area contributed by atoms with Crippen LogP contribution in [0.25, 0.3) is 0 Å². The van der Waals surface area contributed by atoms with E-state index in [-0.39, 0.29) is 10.6 Å². The van der Waals surface area contributed by atoms with Gasteiger partial charge in [0.15, 0.2) is 0 Å². The molecule has 0 radical (unpaired) electrons. The molecule has 0 aliphatic heterocycles. The minimum absolute atomic E-state index is 0.129. The molecule has 0 aliphatic rings. The van der Waals surface area contributed by atoms with Gasteiger partial charge in [0, 0.05) is 40.8 Å². The molecule has 2 aromatic rings. The minimum Gasteiger partial charge on any atom is -0.306 e. The van der Waals surface area contributed by atoms with Gasteiger partial charge in [-0.2, -0.15) is 0 Å². The van der Waals surface area contributed by atoms with Crippen LogP contribution in [0, 0.1) is 10.1 Å². The lowest BCUT2D eigenvalue weighted by Crippen LogP contribution is -2.13. The highest BCUT2D eigenvalue weighted by atomic mass is 79.9. The number of aromatic nitrogens is 1. The lowest BCUT2D eigenvalue weighted by atomic mass is 10.2. The highest BCUT2D eigenvalue weighted by molar-refractivity contribution is 9.10. The zero-order chi connectivity index (χ0) is 13.0. The van der Waals surface area contributed by atoms with E-state index in [4.69, 9.17) is 0 Å². The fourth-order valence-corrected chi connectivity index (χ4v) is 2.51. The molecule has 0 bridgehead atoms. The first-order valence-electron chi connectivity index (χ1n) is 5.18. The summed E-state index contributed by atoms with van der Waals surface area (Å²) in [5, 5.41) is 16.9. The van der Waals surface area contributed by atoms with Crippen LogP contribution in [0.1, 0.15) is 10.6 Å². The van der Waals surface area contributed by atoms with Gasteiger partial charge < -0.3 is 5.32 Å². The Morgan fingerprint density at radius 2 is 2.28 bits per heavy atom. The van der Waals surface area contributed by atoms with Gasteiger partial charge in [-0.05, 0) is 12.1 Å². The Kier molecular flexibility index (Phi) is 4.40. The van der Waals surface area contributed by atoms with E-state index in [0.717, 1.165) is 9.48 Å². The Morgan fingerprint density at radius 1 is 1.44 bits per heavy atom. The lowest BCUT2D eigenvalue weighted by Gasteiger charge is -2.04. The fourth-order valence-electron chi connectivity index (χ4n) is 1.52. The summed E-state index contributed by atoms with van der Waals surface area (Å²) in [5.74, 6) is 0. The van der Waals surface area contributed by atoms with Gasteiger partial charge in [0.2, 0.25) is 0 Å². The molecule has 18 heavy (non-hydrogen) atoms. The normalized spacial score (nSPS) is 10.5. The SMILES string of the molecule is O=[N+]([O-])c1ccc(Br)cc1CNCc1nccs1. The van der Waals surface area contributed by atoms with E-state index in [1.165, 1.54) is 6.07 Å². The van der Waals surface area contributed by atoms with E-state index < -0.39 is 0 Å². The first-order valence-corrected chi connectivity index (χ1v) is 6.86. The number of hydrogen-bond acceptors (Lipinski definition) is 5. The molecule has 2 rings (SSSR count). The smallest absolute Gasteiger partial charge is 0.273 e. The van der Waals surface area contributed by atoms with Gasteiger partial charge in [-0.3, -0.25) is 10.1 Å². The topological polar surface area (TPSA) is 68.1 Å². The van der Waals surface area contributed by atoms with Crippen molar-refractivity contribution in [3.8, 4) is 0 Å². The molecule has 1 aromatic carbocycles. The monoisotopic (exact) mass is 327 g/mol. The second-order valence-corrected chi connectivity index (χ2v) is 5.45. The molecule has 0 aliphatic carbocycles. The summed E-state index contributed by atoms with van der Waals surface area (Å²) in [6.45, 7) is 1.05. The molecule has 0 saturated heterocycles. The number of hydrogen-bond donors (Lipinski definition) is 1. The highest BCUT2D eigenvalue weighted by Crippen LogP contribution is 2.22. The zero-order valence-corrected chi connectivity index (χ0v) is 11.7. The van der Waals surface area contributed by atoms with Crippen LogP contribution >= 0.6 is 27.3 Å². The third kappa shape index (κ3) is 3.34. The van der Waals surface area contributed by atoms with E-state index >= 15 is 0 Å². The van der Waals surface area contributed by atoms with Crippen LogP contribution < -0.4 is 5.32 Å². The van der Waals surface area contributed by atoms with Crippen LogP contribution in [-0.4, -0.2) is 9.91 Å². The number of halogens is 1. The van der Waals surface area contributed by atoms with Gasteiger partial charge in [-0.1, -0.05) is 15.9 Å². The fraction of sp³-hybridized carbons (Fsp3) is 0.182. The van der Waals surface area contributed by atoms with Gasteiger partial charge in [0.05, 0.1) is 4.92 Å². The molecule has 0 spiro atoms.